The van der Waals surface area contributed by atoms with Crippen LogP contribution < -0.4 is 10.6 Å². The number of pyridine rings is 1. The summed E-state index contributed by atoms with van der Waals surface area (Å²) in [5, 5.41) is 4.96. The second kappa shape index (κ2) is 8.83. The highest BCUT2D eigenvalue weighted by atomic mass is 79.9. The fourth-order valence-electron chi connectivity index (χ4n) is 2.67. The van der Waals surface area contributed by atoms with E-state index in [1.807, 2.05) is 30.3 Å². The van der Waals surface area contributed by atoms with Gasteiger partial charge in [-0.1, -0.05) is 46.3 Å². The highest BCUT2D eigenvalue weighted by Crippen LogP contribution is 2.26. The molecule has 0 fully saturated rings. The molecular weight excluding hydrogens is 438 g/mol. The number of nitrogens with zero attached hydrogens (tertiary/aromatic N) is 1. The summed E-state index contributed by atoms with van der Waals surface area (Å²) >= 11 is 3.40. The van der Waals surface area contributed by atoms with Crippen molar-refractivity contribution in [3.8, 4) is 11.3 Å². The number of para-hydroxylation sites is 1. The number of hydrogen-bond acceptors (Lipinski definition) is 5. The summed E-state index contributed by atoms with van der Waals surface area (Å²) in [5.41, 5.74) is 2.35. The molecule has 8 heteroatoms. The fourth-order valence-corrected chi connectivity index (χ4v) is 2.93. The van der Waals surface area contributed by atoms with Gasteiger partial charge in [-0.05, 0) is 31.2 Å². The van der Waals surface area contributed by atoms with Gasteiger partial charge in [0, 0.05) is 22.5 Å². The van der Waals surface area contributed by atoms with E-state index in [-0.39, 0.29) is 5.56 Å². The summed E-state index contributed by atoms with van der Waals surface area (Å²) in [5.74, 6) is -1.40. The zero-order valence-corrected chi connectivity index (χ0v) is 17.3. The maximum atomic E-state index is 12.8. The number of carbonyl (C=O) groups is 3. The molecule has 1 unspecified atom stereocenters. The van der Waals surface area contributed by atoms with E-state index >= 15 is 0 Å². The monoisotopic (exact) mass is 455 g/mol. The number of rotatable bonds is 4. The third-order valence-corrected chi connectivity index (χ3v) is 4.72. The van der Waals surface area contributed by atoms with Crippen molar-refractivity contribution in [3.05, 3.63) is 64.6 Å². The number of benzene rings is 2. The lowest BCUT2D eigenvalue weighted by molar-refractivity contribution is -0.127. The molecule has 3 aromatic rings. The fraction of sp³-hybridized carbons (Fsp3) is 0.143. The summed E-state index contributed by atoms with van der Waals surface area (Å²) in [6, 6.07) is 15.7. The Kier molecular flexibility index (Phi) is 6.23. The van der Waals surface area contributed by atoms with E-state index < -0.39 is 24.0 Å². The molecular formula is C21H18BrN3O4. The second-order valence-electron chi connectivity index (χ2n) is 6.20. The van der Waals surface area contributed by atoms with Gasteiger partial charge < -0.3 is 10.1 Å². The van der Waals surface area contributed by atoms with Gasteiger partial charge in [0.1, 0.15) is 0 Å². The van der Waals surface area contributed by atoms with E-state index in [4.69, 9.17) is 4.74 Å². The van der Waals surface area contributed by atoms with Crippen molar-refractivity contribution in [3.63, 3.8) is 0 Å². The van der Waals surface area contributed by atoms with Gasteiger partial charge in [0.15, 0.2) is 6.10 Å². The van der Waals surface area contributed by atoms with Crippen LogP contribution in [0.4, 0.5) is 4.79 Å². The van der Waals surface area contributed by atoms with E-state index in [0.717, 1.165) is 10.0 Å². The van der Waals surface area contributed by atoms with Gasteiger partial charge in [-0.25, -0.2) is 14.6 Å². The normalized spacial score (nSPS) is 11.6. The molecule has 148 valence electrons. The molecule has 0 aliphatic heterocycles. The summed E-state index contributed by atoms with van der Waals surface area (Å²) in [6.45, 7) is 1.40. The Morgan fingerprint density at radius 2 is 1.76 bits per heavy atom. The highest BCUT2D eigenvalue weighted by molar-refractivity contribution is 9.10. The quantitative estimate of drug-likeness (QED) is 0.584. The Balaban J connectivity index is 1.95. The molecule has 0 saturated carbocycles. The number of nitrogens with one attached hydrogen (secondary N) is 2. The van der Waals surface area contributed by atoms with Crippen LogP contribution in [0.15, 0.2) is 59.1 Å². The minimum absolute atomic E-state index is 0.285. The minimum Gasteiger partial charge on any atom is -0.449 e. The zero-order chi connectivity index (χ0) is 21.0. The topological polar surface area (TPSA) is 97.4 Å². The Hall–Kier alpha value is -3.26. The lowest BCUT2D eigenvalue weighted by Gasteiger charge is -2.14. The zero-order valence-electron chi connectivity index (χ0n) is 15.7. The molecule has 0 saturated heterocycles. The summed E-state index contributed by atoms with van der Waals surface area (Å²) in [6.07, 6.45) is -1.15. The number of hydrogen-bond donors (Lipinski definition) is 2. The van der Waals surface area contributed by atoms with Crippen molar-refractivity contribution in [2.75, 3.05) is 7.05 Å². The van der Waals surface area contributed by atoms with Crippen molar-refractivity contribution >= 4 is 44.7 Å². The third-order valence-electron chi connectivity index (χ3n) is 4.19. The molecule has 1 heterocycles. The number of urea groups is 1. The van der Waals surface area contributed by atoms with E-state index in [1.54, 1.807) is 24.3 Å². The van der Waals surface area contributed by atoms with Gasteiger partial charge in [0.25, 0.3) is 5.91 Å². The van der Waals surface area contributed by atoms with Crippen molar-refractivity contribution in [2.45, 2.75) is 13.0 Å². The SMILES string of the molecule is CNC(=O)NC(=O)C(C)OC(=O)c1cc(-c2ccc(Br)cc2)nc2ccccc12. The first-order valence-electron chi connectivity index (χ1n) is 8.78. The lowest BCUT2D eigenvalue weighted by Crippen LogP contribution is -2.43. The highest BCUT2D eigenvalue weighted by Gasteiger charge is 2.22. The maximum absolute atomic E-state index is 12.8. The van der Waals surface area contributed by atoms with Crippen LogP contribution in [0.2, 0.25) is 0 Å². The van der Waals surface area contributed by atoms with Crippen LogP contribution in [-0.2, 0) is 9.53 Å². The number of aromatic nitrogens is 1. The largest absolute Gasteiger partial charge is 0.449 e. The Labute approximate surface area is 175 Å². The number of imide groups is 1. The number of fused-ring (bicyclic) bond motifs is 1. The van der Waals surface area contributed by atoms with E-state index in [9.17, 15) is 14.4 Å². The smallest absolute Gasteiger partial charge is 0.339 e. The molecule has 2 aromatic carbocycles. The molecule has 3 rings (SSSR count). The number of carbonyl (C=O) groups excluding carboxylic acids is 3. The van der Waals surface area contributed by atoms with E-state index in [1.165, 1.54) is 14.0 Å². The van der Waals surface area contributed by atoms with Crippen LogP contribution in [-0.4, -0.2) is 36.0 Å². The van der Waals surface area contributed by atoms with Gasteiger partial charge in [-0.2, -0.15) is 0 Å². The molecule has 1 atom stereocenters. The van der Waals surface area contributed by atoms with Crippen LogP contribution >= 0.6 is 15.9 Å². The van der Waals surface area contributed by atoms with Gasteiger partial charge in [0.2, 0.25) is 0 Å². The van der Waals surface area contributed by atoms with Crippen LogP contribution in [0.25, 0.3) is 22.2 Å². The summed E-state index contributed by atoms with van der Waals surface area (Å²) in [7, 11) is 1.38. The predicted molar refractivity (Wildman–Crippen MR) is 112 cm³/mol. The summed E-state index contributed by atoms with van der Waals surface area (Å²) in [4.78, 5) is 40.7. The number of esters is 1. The van der Waals surface area contributed by atoms with E-state index in [2.05, 4.69) is 31.5 Å². The van der Waals surface area contributed by atoms with Gasteiger partial charge in [-0.3, -0.25) is 10.1 Å². The second-order valence-corrected chi connectivity index (χ2v) is 7.11. The Morgan fingerprint density at radius 1 is 1.07 bits per heavy atom. The number of amides is 3. The van der Waals surface area contributed by atoms with Crippen molar-refractivity contribution in [1.82, 2.24) is 15.6 Å². The van der Waals surface area contributed by atoms with Crippen molar-refractivity contribution in [1.29, 1.82) is 0 Å². The van der Waals surface area contributed by atoms with Gasteiger partial charge in [-0.15, -0.1) is 0 Å². The first-order chi connectivity index (χ1) is 13.9. The molecule has 0 aliphatic carbocycles. The third kappa shape index (κ3) is 4.78. The average molecular weight is 456 g/mol. The molecule has 0 bridgehead atoms. The molecule has 3 amide bonds. The Morgan fingerprint density at radius 3 is 2.45 bits per heavy atom. The molecule has 0 radical (unpaired) electrons. The van der Waals surface area contributed by atoms with E-state index in [0.29, 0.717) is 16.6 Å². The number of ether oxygens (including phenoxy) is 1. The first kappa shape index (κ1) is 20.5. The van der Waals surface area contributed by atoms with Gasteiger partial charge >= 0.3 is 12.0 Å². The average Bonchev–Trinajstić information content (AvgIpc) is 2.73. The van der Waals surface area contributed by atoms with Crippen LogP contribution in [0.1, 0.15) is 17.3 Å². The molecule has 2 N–H and O–H groups in total. The maximum Gasteiger partial charge on any atom is 0.339 e. The van der Waals surface area contributed by atoms with Crippen molar-refractivity contribution in [2.24, 2.45) is 0 Å². The molecule has 0 aliphatic rings. The van der Waals surface area contributed by atoms with Crippen molar-refractivity contribution < 1.29 is 19.1 Å². The Bertz CT molecular complexity index is 1080. The van der Waals surface area contributed by atoms with Gasteiger partial charge in [0.05, 0.1) is 16.8 Å². The van der Waals surface area contributed by atoms with Crippen LogP contribution in [0, 0.1) is 0 Å². The van der Waals surface area contributed by atoms with Crippen LogP contribution in [0.5, 0.6) is 0 Å². The molecule has 7 nitrogen and oxygen atoms in total. The predicted octanol–water partition coefficient (Wildman–Crippen LogP) is 3.67. The molecule has 29 heavy (non-hydrogen) atoms. The number of halogens is 1. The lowest BCUT2D eigenvalue weighted by atomic mass is 10.0. The molecule has 0 spiro atoms. The standard InChI is InChI=1S/C21H18BrN3O4/c1-12(19(26)25-21(28)23-2)29-20(27)16-11-18(13-7-9-14(22)10-8-13)24-17-6-4-3-5-15(16)17/h3-12H,1-2H3,(H2,23,25,26,28). The molecule has 1 aromatic heterocycles. The van der Waals surface area contributed by atoms with Crippen LogP contribution in [0.3, 0.4) is 0 Å². The minimum atomic E-state index is -1.15. The summed E-state index contributed by atoms with van der Waals surface area (Å²) < 4.78 is 6.22. The first-order valence-corrected chi connectivity index (χ1v) is 9.57.